The molecule has 0 heterocycles. The van der Waals surface area contributed by atoms with Crippen molar-refractivity contribution in [2.24, 2.45) is 0 Å². The molecule has 0 spiro atoms. The average Bonchev–Trinajstić information content (AvgIpc) is 2.31. The van der Waals surface area contributed by atoms with Gasteiger partial charge < -0.3 is 10.4 Å². The minimum Gasteiger partial charge on any atom is -0.478 e. The molecule has 2 aromatic carbocycles. The van der Waals surface area contributed by atoms with E-state index in [4.69, 9.17) is 5.11 Å². The third-order valence-corrected chi connectivity index (χ3v) is 2.21. The maximum absolute atomic E-state index is 11.0. The standard InChI is InChI=1S/C13H11NO2.Co/c15-13(16)11-8-4-5-9-12(11)14-10-6-2-1-3-7-10;/h1-9,14H,(H,15,16);. The maximum Gasteiger partial charge on any atom is 0.337 e. The number of para-hydroxylation sites is 2. The molecule has 0 aliphatic heterocycles. The topological polar surface area (TPSA) is 49.3 Å². The van der Waals surface area contributed by atoms with Crippen molar-refractivity contribution in [3.8, 4) is 0 Å². The van der Waals surface area contributed by atoms with Gasteiger partial charge in [0.05, 0.1) is 11.3 Å². The number of benzene rings is 2. The van der Waals surface area contributed by atoms with Crippen LogP contribution in [0, 0.1) is 0 Å². The Morgan fingerprint density at radius 2 is 1.53 bits per heavy atom. The van der Waals surface area contributed by atoms with Crippen molar-refractivity contribution in [2.75, 3.05) is 5.32 Å². The molecule has 1 radical (unpaired) electrons. The van der Waals surface area contributed by atoms with Crippen LogP contribution in [0.3, 0.4) is 0 Å². The van der Waals surface area contributed by atoms with Gasteiger partial charge in [0, 0.05) is 22.5 Å². The van der Waals surface area contributed by atoms with E-state index in [9.17, 15) is 4.79 Å². The molecule has 0 aromatic heterocycles. The molecule has 0 unspecified atom stereocenters. The Labute approximate surface area is 110 Å². The minimum atomic E-state index is -0.931. The summed E-state index contributed by atoms with van der Waals surface area (Å²) < 4.78 is 0. The number of hydrogen-bond donors (Lipinski definition) is 2. The van der Waals surface area contributed by atoms with Crippen LogP contribution < -0.4 is 5.32 Å². The fourth-order valence-electron chi connectivity index (χ4n) is 1.46. The van der Waals surface area contributed by atoms with E-state index in [-0.39, 0.29) is 22.3 Å². The molecular formula is C13H11CoNO2. The fourth-order valence-corrected chi connectivity index (χ4v) is 1.46. The summed E-state index contributed by atoms with van der Waals surface area (Å²) in [6, 6.07) is 16.3. The molecule has 2 N–H and O–H groups in total. The first-order chi connectivity index (χ1) is 7.77. The van der Waals surface area contributed by atoms with Crippen LogP contribution in [0.15, 0.2) is 54.6 Å². The number of carboxylic acid groups (broad SMARTS) is 1. The van der Waals surface area contributed by atoms with E-state index in [0.717, 1.165) is 5.69 Å². The first-order valence-electron chi connectivity index (χ1n) is 4.92. The quantitative estimate of drug-likeness (QED) is 0.902. The van der Waals surface area contributed by atoms with Gasteiger partial charge in [-0.2, -0.15) is 0 Å². The third kappa shape index (κ3) is 3.34. The van der Waals surface area contributed by atoms with E-state index in [1.807, 2.05) is 30.3 Å². The molecule has 89 valence electrons. The zero-order chi connectivity index (χ0) is 11.4. The van der Waals surface area contributed by atoms with E-state index in [1.54, 1.807) is 24.3 Å². The zero-order valence-corrected chi connectivity index (χ0v) is 9.93. The number of carbonyl (C=O) groups is 1. The van der Waals surface area contributed by atoms with E-state index in [0.29, 0.717) is 5.69 Å². The van der Waals surface area contributed by atoms with Crippen LogP contribution >= 0.6 is 0 Å². The van der Waals surface area contributed by atoms with E-state index < -0.39 is 5.97 Å². The van der Waals surface area contributed by atoms with E-state index >= 15 is 0 Å². The number of rotatable bonds is 3. The van der Waals surface area contributed by atoms with Crippen molar-refractivity contribution in [1.82, 2.24) is 0 Å². The molecule has 2 rings (SSSR count). The van der Waals surface area contributed by atoms with Crippen molar-refractivity contribution < 1.29 is 26.7 Å². The summed E-state index contributed by atoms with van der Waals surface area (Å²) in [4.78, 5) is 11.0. The van der Waals surface area contributed by atoms with Crippen LogP contribution in [0.2, 0.25) is 0 Å². The number of carboxylic acids is 1. The van der Waals surface area contributed by atoms with Crippen LogP contribution in [-0.4, -0.2) is 11.1 Å². The summed E-state index contributed by atoms with van der Waals surface area (Å²) in [5.74, 6) is -0.931. The Morgan fingerprint density at radius 1 is 0.941 bits per heavy atom. The summed E-state index contributed by atoms with van der Waals surface area (Å²) in [7, 11) is 0. The molecule has 3 nitrogen and oxygen atoms in total. The van der Waals surface area contributed by atoms with Crippen molar-refractivity contribution in [3.05, 3.63) is 60.2 Å². The SMILES string of the molecule is O=C(O)c1ccccc1Nc1ccccc1.[Co]. The normalized spacial score (nSPS) is 9.18. The third-order valence-electron chi connectivity index (χ3n) is 2.21. The number of aromatic carboxylic acids is 1. The maximum atomic E-state index is 11.0. The van der Waals surface area contributed by atoms with Crippen molar-refractivity contribution in [1.29, 1.82) is 0 Å². The predicted octanol–water partition coefficient (Wildman–Crippen LogP) is 3.13. The van der Waals surface area contributed by atoms with Crippen LogP contribution in [-0.2, 0) is 16.8 Å². The molecule has 0 saturated heterocycles. The van der Waals surface area contributed by atoms with Gasteiger partial charge in [0.1, 0.15) is 0 Å². The van der Waals surface area contributed by atoms with Gasteiger partial charge in [-0.1, -0.05) is 30.3 Å². The Bertz CT molecular complexity index is 500. The van der Waals surface area contributed by atoms with Gasteiger partial charge in [0.15, 0.2) is 0 Å². The molecule has 17 heavy (non-hydrogen) atoms. The first kappa shape index (κ1) is 13.3. The molecule has 0 aliphatic carbocycles. The van der Waals surface area contributed by atoms with E-state index in [1.165, 1.54) is 0 Å². The Hall–Kier alpha value is -1.78. The number of hydrogen-bond acceptors (Lipinski definition) is 2. The second-order valence-electron chi connectivity index (χ2n) is 3.34. The van der Waals surface area contributed by atoms with Crippen molar-refractivity contribution in [2.45, 2.75) is 0 Å². The molecule has 4 heteroatoms. The molecule has 0 fully saturated rings. The summed E-state index contributed by atoms with van der Waals surface area (Å²) in [6.45, 7) is 0. The van der Waals surface area contributed by atoms with Crippen molar-refractivity contribution >= 4 is 17.3 Å². The van der Waals surface area contributed by atoms with Gasteiger partial charge in [0.2, 0.25) is 0 Å². The van der Waals surface area contributed by atoms with Gasteiger partial charge in [-0.3, -0.25) is 0 Å². The van der Waals surface area contributed by atoms with Crippen LogP contribution in [0.1, 0.15) is 10.4 Å². The molecule has 0 aliphatic rings. The van der Waals surface area contributed by atoms with Gasteiger partial charge >= 0.3 is 5.97 Å². The summed E-state index contributed by atoms with van der Waals surface area (Å²) in [5, 5.41) is 12.1. The molecule has 2 aromatic rings. The second-order valence-corrected chi connectivity index (χ2v) is 3.34. The summed E-state index contributed by atoms with van der Waals surface area (Å²) >= 11 is 0. The predicted molar refractivity (Wildman–Crippen MR) is 63.1 cm³/mol. The molecule has 0 bridgehead atoms. The Morgan fingerprint density at radius 3 is 2.18 bits per heavy atom. The van der Waals surface area contributed by atoms with Crippen LogP contribution in [0.4, 0.5) is 11.4 Å². The molecule has 0 amide bonds. The smallest absolute Gasteiger partial charge is 0.337 e. The van der Waals surface area contributed by atoms with Crippen LogP contribution in [0.5, 0.6) is 0 Å². The van der Waals surface area contributed by atoms with Gasteiger partial charge in [-0.05, 0) is 24.3 Å². The van der Waals surface area contributed by atoms with Gasteiger partial charge in [0.25, 0.3) is 0 Å². The average molecular weight is 272 g/mol. The molecular weight excluding hydrogens is 261 g/mol. The Kier molecular flexibility index (Phi) is 4.75. The minimum absolute atomic E-state index is 0. The van der Waals surface area contributed by atoms with Gasteiger partial charge in [-0.15, -0.1) is 0 Å². The molecule has 0 saturated carbocycles. The fraction of sp³-hybridized carbons (Fsp3) is 0. The van der Waals surface area contributed by atoms with E-state index in [2.05, 4.69) is 5.32 Å². The summed E-state index contributed by atoms with van der Waals surface area (Å²) in [5.41, 5.74) is 1.74. The number of nitrogens with one attached hydrogen (secondary N) is 1. The second kappa shape index (κ2) is 6.08. The Balaban J connectivity index is 0.00000144. The molecule has 0 atom stereocenters. The first-order valence-corrected chi connectivity index (χ1v) is 4.92. The summed E-state index contributed by atoms with van der Waals surface area (Å²) in [6.07, 6.45) is 0. The van der Waals surface area contributed by atoms with Crippen LogP contribution in [0.25, 0.3) is 0 Å². The monoisotopic (exact) mass is 272 g/mol. The van der Waals surface area contributed by atoms with Gasteiger partial charge in [-0.25, -0.2) is 4.79 Å². The number of anilines is 2. The zero-order valence-electron chi connectivity index (χ0n) is 8.88. The van der Waals surface area contributed by atoms with Crippen molar-refractivity contribution in [3.63, 3.8) is 0 Å². The largest absolute Gasteiger partial charge is 0.478 e.